The van der Waals surface area contributed by atoms with Gasteiger partial charge >= 0.3 is 5.97 Å². The highest BCUT2D eigenvalue weighted by Crippen LogP contribution is 2.26. The number of hydrogen-bond donors (Lipinski definition) is 0. The van der Waals surface area contributed by atoms with Gasteiger partial charge in [0.15, 0.2) is 6.61 Å². The fourth-order valence-electron chi connectivity index (χ4n) is 0.796. The summed E-state index contributed by atoms with van der Waals surface area (Å²) in [6, 6.07) is 0. The second kappa shape index (κ2) is 5.50. The average molecular weight is 244 g/mol. The molecular formula is C10H16F4O2. The van der Waals surface area contributed by atoms with E-state index in [-0.39, 0.29) is 0 Å². The van der Waals surface area contributed by atoms with E-state index in [1.165, 1.54) is 0 Å². The van der Waals surface area contributed by atoms with Crippen LogP contribution in [0.1, 0.15) is 33.6 Å². The highest BCUT2D eigenvalue weighted by molar-refractivity contribution is 5.75. The number of carbonyl (C=O) groups excluding carboxylic acids is 1. The van der Waals surface area contributed by atoms with Crippen molar-refractivity contribution >= 4 is 5.97 Å². The number of rotatable bonds is 6. The van der Waals surface area contributed by atoms with Crippen molar-refractivity contribution in [2.24, 2.45) is 5.41 Å². The topological polar surface area (TPSA) is 26.3 Å². The number of ether oxygens (including phenoxy) is 1. The van der Waals surface area contributed by atoms with Gasteiger partial charge in [-0.25, -0.2) is 17.6 Å². The number of halogens is 4. The van der Waals surface area contributed by atoms with E-state index in [9.17, 15) is 22.4 Å². The Morgan fingerprint density at radius 3 is 2.19 bits per heavy atom. The van der Waals surface area contributed by atoms with E-state index in [4.69, 9.17) is 0 Å². The zero-order valence-electron chi connectivity index (χ0n) is 9.53. The maximum atomic E-state index is 12.8. The van der Waals surface area contributed by atoms with Crippen LogP contribution in [0.25, 0.3) is 0 Å². The third-order valence-corrected chi connectivity index (χ3v) is 2.30. The molecule has 6 heteroatoms. The van der Waals surface area contributed by atoms with Gasteiger partial charge in [0.2, 0.25) is 6.43 Å². The van der Waals surface area contributed by atoms with Crippen LogP contribution in [0, 0.1) is 5.41 Å². The standard InChI is InChI=1S/C10H16F4O2/c1-4-9(2,3)8(15)16-6-10(13,14)5-7(11)12/h7H,4-6H2,1-3H3. The molecule has 0 amide bonds. The van der Waals surface area contributed by atoms with Crippen molar-refractivity contribution in [3.8, 4) is 0 Å². The van der Waals surface area contributed by atoms with Crippen molar-refractivity contribution < 1.29 is 27.1 Å². The maximum Gasteiger partial charge on any atom is 0.311 e. The minimum absolute atomic E-state index is 0.423. The summed E-state index contributed by atoms with van der Waals surface area (Å²) in [4.78, 5) is 11.3. The van der Waals surface area contributed by atoms with Crippen LogP contribution in [0.5, 0.6) is 0 Å². The lowest BCUT2D eigenvalue weighted by atomic mass is 9.91. The molecule has 0 aromatic carbocycles. The van der Waals surface area contributed by atoms with Gasteiger partial charge in [-0.3, -0.25) is 4.79 Å². The van der Waals surface area contributed by atoms with Gasteiger partial charge < -0.3 is 4.74 Å². The first-order valence-corrected chi connectivity index (χ1v) is 4.94. The summed E-state index contributed by atoms with van der Waals surface area (Å²) >= 11 is 0. The molecule has 0 saturated carbocycles. The van der Waals surface area contributed by atoms with Gasteiger partial charge in [0.05, 0.1) is 11.8 Å². The first kappa shape index (κ1) is 15.2. The second-order valence-electron chi connectivity index (χ2n) is 4.26. The first-order valence-electron chi connectivity index (χ1n) is 4.94. The van der Waals surface area contributed by atoms with Crippen molar-refractivity contribution in [3.05, 3.63) is 0 Å². The molecule has 0 aromatic heterocycles. The molecule has 0 atom stereocenters. The molecule has 0 aliphatic rings. The Kier molecular flexibility index (Phi) is 5.22. The molecule has 0 fully saturated rings. The third-order valence-electron chi connectivity index (χ3n) is 2.30. The highest BCUT2D eigenvalue weighted by atomic mass is 19.3. The van der Waals surface area contributed by atoms with E-state index >= 15 is 0 Å². The Labute approximate surface area is 92.0 Å². The zero-order chi connectivity index (χ0) is 13.0. The molecule has 0 rings (SSSR count). The predicted molar refractivity (Wildman–Crippen MR) is 50.6 cm³/mol. The summed E-state index contributed by atoms with van der Waals surface area (Å²) in [6.07, 6.45) is -4.29. The maximum absolute atomic E-state index is 12.8. The first-order chi connectivity index (χ1) is 7.10. The summed E-state index contributed by atoms with van der Waals surface area (Å²) in [6.45, 7) is 3.50. The molecule has 0 saturated heterocycles. The van der Waals surface area contributed by atoms with Gasteiger partial charge in [0, 0.05) is 0 Å². The normalized spacial score (nSPS) is 13.0. The van der Waals surface area contributed by atoms with Crippen molar-refractivity contribution in [2.45, 2.75) is 46.0 Å². The lowest BCUT2D eigenvalue weighted by molar-refractivity contribution is -0.169. The molecule has 0 N–H and O–H groups in total. The Morgan fingerprint density at radius 1 is 1.31 bits per heavy atom. The minimum Gasteiger partial charge on any atom is -0.459 e. The van der Waals surface area contributed by atoms with Crippen LogP contribution in [-0.2, 0) is 9.53 Å². The van der Waals surface area contributed by atoms with E-state index in [1.807, 2.05) is 0 Å². The largest absolute Gasteiger partial charge is 0.459 e. The third kappa shape index (κ3) is 5.32. The van der Waals surface area contributed by atoms with Gasteiger partial charge in [-0.1, -0.05) is 6.92 Å². The number of esters is 1. The summed E-state index contributed by atoms with van der Waals surface area (Å²) in [5, 5.41) is 0. The molecule has 0 spiro atoms. The Hall–Kier alpha value is -0.810. The molecule has 96 valence electrons. The van der Waals surface area contributed by atoms with Gasteiger partial charge in [-0.05, 0) is 20.3 Å². The summed E-state index contributed by atoms with van der Waals surface area (Å²) in [7, 11) is 0. The number of carbonyl (C=O) groups is 1. The van der Waals surface area contributed by atoms with Crippen LogP contribution in [0.15, 0.2) is 0 Å². The number of hydrogen-bond acceptors (Lipinski definition) is 2. The van der Waals surface area contributed by atoms with E-state index in [0.29, 0.717) is 6.42 Å². The lowest BCUT2D eigenvalue weighted by Gasteiger charge is -2.22. The van der Waals surface area contributed by atoms with Crippen molar-refractivity contribution in [3.63, 3.8) is 0 Å². The Morgan fingerprint density at radius 2 is 1.81 bits per heavy atom. The van der Waals surface area contributed by atoms with Crippen molar-refractivity contribution in [2.75, 3.05) is 6.61 Å². The van der Waals surface area contributed by atoms with Crippen LogP contribution in [0.4, 0.5) is 17.6 Å². The molecule has 0 unspecified atom stereocenters. The van der Waals surface area contributed by atoms with Crippen molar-refractivity contribution in [1.82, 2.24) is 0 Å². The molecule has 0 aliphatic heterocycles. The summed E-state index contributed by atoms with van der Waals surface area (Å²) in [5.74, 6) is -4.47. The van der Waals surface area contributed by atoms with Crippen molar-refractivity contribution in [1.29, 1.82) is 0 Å². The minimum atomic E-state index is -3.67. The van der Waals surface area contributed by atoms with E-state index in [0.717, 1.165) is 0 Å². The van der Waals surface area contributed by atoms with Gasteiger partial charge in [0.1, 0.15) is 0 Å². The lowest BCUT2D eigenvalue weighted by Crippen LogP contribution is -2.33. The summed E-state index contributed by atoms with van der Waals surface area (Å²) < 4.78 is 53.3. The second-order valence-corrected chi connectivity index (χ2v) is 4.26. The molecule has 0 aliphatic carbocycles. The molecule has 0 bridgehead atoms. The fourth-order valence-corrected chi connectivity index (χ4v) is 0.796. The van der Waals surface area contributed by atoms with E-state index in [2.05, 4.69) is 4.74 Å². The van der Waals surface area contributed by atoms with Crippen LogP contribution in [-0.4, -0.2) is 24.9 Å². The molecule has 0 radical (unpaired) electrons. The number of alkyl halides is 4. The zero-order valence-corrected chi connectivity index (χ0v) is 9.53. The Bertz CT molecular complexity index is 239. The van der Waals surface area contributed by atoms with E-state index in [1.54, 1.807) is 20.8 Å². The fraction of sp³-hybridized carbons (Fsp3) is 0.900. The van der Waals surface area contributed by atoms with Gasteiger partial charge in [0.25, 0.3) is 5.92 Å². The highest BCUT2D eigenvalue weighted by Gasteiger charge is 2.37. The quantitative estimate of drug-likeness (QED) is 0.529. The summed E-state index contributed by atoms with van der Waals surface area (Å²) in [5.41, 5.74) is -0.874. The SMILES string of the molecule is CCC(C)(C)C(=O)OCC(F)(F)CC(F)F. The monoisotopic (exact) mass is 244 g/mol. The van der Waals surface area contributed by atoms with Gasteiger partial charge in [-0.2, -0.15) is 0 Å². The molecule has 0 heterocycles. The molecule has 16 heavy (non-hydrogen) atoms. The average Bonchev–Trinajstić information content (AvgIpc) is 2.12. The smallest absolute Gasteiger partial charge is 0.311 e. The van der Waals surface area contributed by atoms with Crippen LogP contribution < -0.4 is 0 Å². The van der Waals surface area contributed by atoms with Crippen LogP contribution >= 0.6 is 0 Å². The van der Waals surface area contributed by atoms with Crippen LogP contribution in [0.3, 0.4) is 0 Å². The van der Waals surface area contributed by atoms with E-state index < -0.39 is 36.8 Å². The Balaban J connectivity index is 4.19. The molecular weight excluding hydrogens is 228 g/mol. The molecule has 2 nitrogen and oxygen atoms in total. The predicted octanol–water partition coefficient (Wildman–Crippen LogP) is 3.26. The van der Waals surface area contributed by atoms with Gasteiger partial charge in [-0.15, -0.1) is 0 Å². The van der Waals surface area contributed by atoms with Crippen LogP contribution in [0.2, 0.25) is 0 Å². The molecule has 0 aromatic rings.